The van der Waals surface area contributed by atoms with Gasteiger partial charge in [-0.15, -0.1) is 0 Å². The highest BCUT2D eigenvalue weighted by molar-refractivity contribution is 5.22. The summed E-state index contributed by atoms with van der Waals surface area (Å²) in [4.78, 5) is 4.97. The summed E-state index contributed by atoms with van der Waals surface area (Å²) < 4.78 is 0. The zero-order valence-electron chi connectivity index (χ0n) is 12.5. The molecule has 1 aliphatic rings. The number of aryl methyl sites for hydroxylation is 2. The van der Waals surface area contributed by atoms with Crippen molar-refractivity contribution in [3.63, 3.8) is 0 Å². The van der Waals surface area contributed by atoms with E-state index in [1.54, 1.807) is 0 Å². The number of nitrogens with one attached hydrogen (secondary N) is 2. The predicted octanol–water partition coefficient (Wildman–Crippen LogP) is 0.754. The molecule has 0 unspecified atom stereocenters. The maximum absolute atomic E-state index is 4.22. The molecular formula is C14H27N5. The van der Waals surface area contributed by atoms with E-state index in [1.807, 2.05) is 0 Å². The van der Waals surface area contributed by atoms with Gasteiger partial charge in [0.1, 0.15) is 0 Å². The van der Waals surface area contributed by atoms with Crippen LogP contribution in [0.1, 0.15) is 23.4 Å². The van der Waals surface area contributed by atoms with E-state index in [1.165, 1.54) is 50.4 Å². The van der Waals surface area contributed by atoms with Gasteiger partial charge in [0, 0.05) is 44.0 Å². The molecular weight excluding hydrogens is 238 g/mol. The first-order valence-electron chi connectivity index (χ1n) is 7.29. The maximum Gasteiger partial charge on any atom is 0.0638 e. The van der Waals surface area contributed by atoms with Gasteiger partial charge in [-0.3, -0.25) is 5.10 Å². The molecule has 2 N–H and O–H groups in total. The molecule has 0 amide bonds. The Hall–Kier alpha value is -0.910. The number of aromatic amines is 1. The van der Waals surface area contributed by atoms with Crippen LogP contribution in [0.25, 0.3) is 0 Å². The lowest BCUT2D eigenvalue weighted by Gasteiger charge is -2.32. The fraction of sp³-hybridized carbons (Fsp3) is 0.786. The van der Waals surface area contributed by atoms with Gasteiger partial charge in [-0.1, -0.05) is 0 Å². The van der Waals surface area contributed by atoms with E-state index in [4.69, 9.17) is 0 Å². The van der Waals surface area contributed by atoms with Crippen LogP contribution in [-0.2, 0) is 6.54 Å². The Labute approximate surface area is 116 Å². The summed E-state index contributed by atoms with van der Waals surface area (Å²) in [5, 5.41) is 10.8. The first-order chi connectivity index (χ1) is 9.16. The third-order valence-electron chi connectivity index (χ3n) is 4.01. The lowest BCUT2D eigenvalue weighted by molar-refractivity contribution is 0.152. The van der Waals surface area contributed by atoms with Crippen molar-refractivity contribution in [2.75, 3.05) is 46.3 Å². The standard InChI is InChI=1S/C14H27N5/c1-12-14(13(2)17-16-12)11-15-5-4-6-19-9-7-18(3)8-10-19/h15H,4-11H2,1-3H3,(H,16,17). The third kappa shape index (κ3) is 4.30. The molecule has 0 radical (unpaired) electrons. The number of piperazine rings is 1. The van der Waals surface area contributed by atoms with Gasteiger partial charge in [0.2, 0.25) is 0 Å². The number of hydrogen-bond donors (Lipinski definition) is 2. The zero-order chi connectivity index (χ0) is 13.7. The monoisotopic (exact) mass is 265 g/mol. The van der Waals surface area contributed by atoms with Gasteiger partial charge in [0.25, 0.3) is 0 Å². The Bertz CT molecular complexity index is 360. The molecule has 0 aromatic carbocycles. The maximum atomic E-state index is 4.22. The molecule has 5 heteroatoms. The van der Waals surface area contributed by atoms with Crippen molar-refractivity contribution in [1.82, 2.24) is 25.3 Å². The number of likely N-dealkylation sites (N-methyl/N-ethyl adjacent to an activating group) is 1. The summed E-state index contributed by atoms with van der Waals surface area (Å²) in [6.07, 6.45) is 1.22. The van der Waals surface area contributed by atoms with Crippen molar-refractivity contribution in [1.29, 1.82) is 0 Å². The topological polar surface area (TPSA) is 47.2 Å². The van der Waals surface area contributed by atoms with Gasteiger partial charge in [-0.2, -0.15) is 5.10 Å². The molecule has 2 heterocycles. The number of aromatic nitrogens is 2. The van der Waals surface area contributed by atoms with E-state index < -0.39 is 0 Å². The highest BCUT2D eigenvalue weighted by Gasteiger charge is 2.12. The molecule has 108 valence electrons. The van der Waals surface area contributed by atoms with Crippen LogP contribution >= 0.6 is 0 Å². The molecule has 0 bridgehead atoms. The van der Waals surface area contributed by atoms with Crippen LogP contribution in [0.3, 0.4) is 0 Å². The fourth-order valence-corrected chi connectivity index (χ4v) is 2.55. The van der Waals surface area contributed by atoms with E-state index in [2.05, 4.69) is 46.2 Å². The number of nitrogens with zero attached hydrogens (tertiary/aromatic N) is 3. The summed E-state index contributed by atoms with van der Waals surface area (Å²) in [7, 11) is 2.20. The van der Waals surface area contributed by atoms with E-state index in [0.29, 0.717) is 0 Å². The minimum Gasteiger partial charge on any atom is -0.312 e. The molecule has 5 nitrogen and oxygen atoms in total. The zero-order valence-corrected chi connectivity index (χ0v) is 12.5. The fourth-order valence-electron chi connectivity index (χ4n) is 2.55. The second-order valence-electron chi connectivity index (χ2n) is 5.59. The highest BCUT2D eigenvalue weighted by atomic mass is 15.2. The lowest BCUT2D eigenvalue weighted by Crippen LogP contribution is -2.45. The quantitative estimate of drug-likeness (QED) is 0.745. The molecule has 19 heavy (non-hydrogen) atoms. The molecule has 0 spiro atoms. The second kappa shape index (κ2) is 7.03. The average Bonchev–Trinajstić information content (AvgIpc) is 2.72. The molecule has 0 atom stereocenters. The van der Waals surface area contributed by atoms with Crippen LogP contribution in [-0.4, -0.2) is 66.3 Å². The summed E-state index contributed by atoms with van der Waals surface area (Å²) >= 11 is 0. The van der Waals surface area contributed by atoms with Crippen molar-refractivity contribution in [2.24, 2.45) is 0 Å². The number of rotatable bonds is 6. The van der Waals surface area contributed by atoms with E-state index in [9.17, 15) is 0 Å². The summed E-state index contributed by atoms with van der Waals surface area (Å²) in [5.41, 5.74) is 3.62. The molecule has 1 aromatic rings. The molecule has 1 aliphatic heterocycles. The van der Waals surface area contributed by atoms with Crippen LogP contribution in [0.4, 0.5) is 0 Å². The van der Waals surface area contributed by atoms with Crippen LogP contribution in [0.2, 0.25) is 0 Å². The minimum absolute atomic E-state index is 0.927. The van der Waals surface area contributed by atoms with Crippen LogP contribution in [0, 0.1) is 13.8 Å². The Morgan fingerprint density at radius 2 is 1.95 bits per heavy atom. The molecule has 0 saturated carbocycles. The Kier molecular flexibility index (Phi) is 5.36. The molecule has 1 aromatic heterocycles. The summed E-state index contributed by atoms with van der Waals surface area (Å²) in [5.74, 6) is 0. The Morgan fingerprint density at radius 3 is 2.58 bits per heavy atom. The molecule has 1 fully saturated rings. The van der Waals surface area contributed by atoms with Crippen LogP contribution < -0.4 is 5.32 Å². The lowest BCUT2D eigenvalue weighted by atomic mass is 10.2. The largest absolute Gasteiger partial charge is 0.312 e. The number of hydrogen-bond acceptors (Lipinski definition) is 4. The van der Waals surface area contributed by atoms with Gasteiger partial charge in [-0.25, -0.2) is 0 Å². The molecule has 2 rings (SSSR count). The van der Waals surface area contributed by atoms with Gasteiger partial charge >= 0.3 is 0 Å². The van der Waals surface area contributed by atoms with E-state index in [0.717, 1.165) is 18.8 Å². The highest BCUT2D eigenvalue weighted by Crippen LogP contribution is 2.08. The van der Waals surface area contributed by atoms with Gasteiger partial charge in [0.15, 0.2) is 0 Å². The van der Waals surface area contributed by atoms with Crippen molar-refractivity contribution in [2.45, 2.75) is 26.8 Å². The van der Waals surface area contributed by atoms with Crippen molar-refractivity contribution < 1.29 is 0 Å². The Morgan fingerprint density at radius 1 is 1.21 bits per heavy atom. The molecule has 1 saturated heterocycles. The SMILES string of the molecule is Cc1n[nH]c(C)c1CNCCCN1CCN(C)CC1. The van der Waals surface area contributed by atoms with Crippen molar-refractivity contribution >= 4 is 0 Å². The molecule has 0 aliphatic carbocycles. The second-order valence-corrected chi connectivity index (χ2v) is 5.59. The van der Waals surface area contributed by atoms with Crippen LogP contribution in [0.15, 0.2) is 0 Å². The van der Waals surface area contributed by atoms with Gasteiger partial charge in [-0.05, 0) is 40.4 Å². The minimum atomic E-state index is 0.927. The van der Waals surface area contributed by atoms with Crippen molar-refractivity contribution in [3.05, 3.63) is 17.0 Å². The van der Waals surface area contributed by atoms with Crippen molar-refractivity contribution in [3.8, 4) is 0 Å². The summed E-state index contributed by atoms with van der Waals surface area (Å²) in [6.45, 7) is 12.2. The smallest absolute Gasteiger partial charge is 0.0638 e. The normalized spacial score (nSPS) is 18.1. The first-order valence-corrected chi connectivity index (χ1v) is 7.29. The first kappa shape index (κ1) is 14.5. The predicted molar refractivity (Wildman–Crippen MR) is 78.3 cm³/mol. The van der Waals surface area contributed by atoms with E-state index >= 15 is 0 Å². The number of H-pyrrole nitrogens is 1. The third-order valence-corrected chi connectivity index (χ3v) is 4.01. The van der Waals surface area contributed by atoms with E-state index in [-0.39, 0.29) is 0 Å². The summed E-state index contributed by atoms with van der Waals surface area (Å²) in [6, 6.07) is 0. The van der Waals surface area contributed by atoms with Crippen LogP contribution in [0.5, 0.6) is 0 Å². The van der Waals surface area contributed by atoms with Gasteiger partial charge in [0.05, 0.1) is 5.69 Å². The Balaban J connectivity index is 1.57. The van der Waals surface area contributed by atoms with Gasteiger partial charge < -0.3 is 15.1 Å². The average molecular weight is 265 g/mol.